The molecule has 110 valence electrons. The van der Waals surface area contributed by atoms with Gasteiger partial charge < -0.3 is 15.7 Å². The SMILES string of the molecule is CCCC[C@H](NC(=O)NCc1cccc(Br)c1)C(=O)O. The Morgan fingerprint density at radius 1 is 1.40 bits per heavy atom. The van der Waals surface area contributed by atoms with Crippen molar-refractivity contribution in [1.82, 2.24) is 10.6 Å². The first-order valence-electron chi connectivity index (χ1n) is 6.54. The highest BCUT2D eigenvalue weighted by Gasteiger charge is 2.18. The highest BCUT2D eigenvalue weighted by atomic mass is 79.9. The molecule has 0 aliphatic heterocycles. The maximum Gasteiger partial charge on any atom is 0.326 e. The summed E-state index contributed by atoms with van der Waals surface area (Å²) in [7, 11) is 0. The van der Waals surface area contributed by atoms with Crippen molar-refractivity contribution in [2.75, 3.05) is 0 Å². The van der Waals surface area contributed by atoms with Crippen LogP contribution >= 0.6 is 15.9 Å². The molecule has 0 aliphatic carbocycles. The van der Waals surface area contributed by atoms with Crippen LogP contribution in [-0.4, -0.2) is 23.1 Å². The van der Waals surface area contributed by atoms with Gasteiger partial charge in [0.25, 0.3) is 0 Å². The van der Waals surface area contributed by atoms with E-state index >= 15 is 0 Å². The van der Waals surface area contributed by atoms with E-state index in [0.717, 1.165) is 22.9 Å². The maximum atomic E-state index is 11.7. The van der Waals surface area contributed by atoms with Gasteiger partial charge >= 0.3 is 12.0 Å². The lowest BCUT2D eigenvalue weighted by Crippen LogP contribution is -2.45. The second-order valence-corrected chi connectivity index (χ2v) is 5.41. The number of unbranched alkanes of at least 4 members (excludes halogenated alkanes) is 1. The third-order valence-electron chi connectivity index (χ3n) is 2.79. The van der Waals surface area contributed by atoms with Crippen molar-refractivity contribution in [3.8, 4) is 0 Å². The van der Waals surface area contributed by atoms with Gasteiger partial charge in [0.2, 0.25) is 0 Å². The Morgan fingerprint density at radius 3 is 2.75 bits per heavy atom. The van der Waals surface area contributed by atoms with Crippen molar-refractivity contribution in [3.63, 3.8) is 0 Å². The molecule has 0 heterocycles. The number of urea groups is 1. The van der Waals surface area contributed by atoms with Gasteiger partial charge in [0.05, 0.1) is 0 Å². The van der Waals surface area contributed by atoms with Crippen molar-refractivity contribution in [2.24, 2.45) is 0 Å². The number of halogens is 1. The fourth-order valence-electron chi connectivity index (χ4n) is 1.70. The van der Waals surface area contributed by atoms with E-state index in [2.05, 4.69) is 26.6 Å². The van der Waals surface area contributed by atoms with Crippen LogP contribution in [0.15, 0.2) is 28.7 Å². The number of rotatable bonds is 7. The van der Waals surface area contributed by atoms with E-state index < -0.39 is 18.0 Å². The van der Waals surface area contributed by atoms with Crippen LogP contribution in [0, 0.1) is 0 Å². The number of carboxylic acids is 1. The lowest BCUT2D eigenvalue weighted by atomic mass is 10.1. The molecule has 0 radical (unpaired) electrons. The molecule has 0 fully saturated rings. The summed E-state index contributed by atoms with van der Waals surface area (Å²) in [5, 5.41) is 14.2. The summed E-state index contributed by atoms with van der Waals surface area (Å²) in [5.41, 5.74) is 0.940. The van der Waals surface area contributed by atoms with Gasteiger partial charge in [-0.15, -0.1) is 0 Å². The Bertz CT molecular complexity index is 465. The fraction of sp³-hybridized carbons (Fsp3) is 0.429. The molecule has 3 N–H and O–H groups in total. The normalized spacial score (nSPS) is 11.7. The smallest absolute Gasteiger partial charge is 0.326 e. The van der Waals surface area contributed by atoms with Crippen molar-refractivity contribution in [1.29, 1.82) is 0 Å². The molecule has 1 aromatic carbocycles. The Balaban J connectivity index is 2.43. The van der Waals surface area contributed by atoms with Gasteiger partial charge in [-0.25, -0.2) is 9.59 Å². The van der Waals surface area contributed by atoms with E-state index in [9.17, 15) is 9.59 Å². The van der Waals surface area contributed by atoms with Crippen LogP contribution in [0.1, 0.15) is 31.7 Å². The minimum Gasteiger partial charge on any atom is -0.480 e. The molecule has 0 aliphatic rings. The van der Waals surface area contributed by atoms with E-state index in [1.54, 1.807) is 0 Å². The van der Waals surface area contributed by atoms with Crippen molar-refractivity contribution < 1.29 is 14.7 Å². The van der Waals surface area contributed by atoms with E-state index in [-0.39, 0.29) is 0 Å². The molecule has 1 aromatic rings. The van der Waals surface area contributed by atoms with Crippen LogP contribution in [0.3, 0.4) is 0 Å². The average molecular weight is 343 g/mol. The number of amides is 2. The van der Waals surface area contributed by atoms with E-state index in [1.807, 2.05) is 31.2 Å². The lowest BCUT2D eigenvalue weighted by molar-refractivity contribution is -0.139. The summed E-state index contributed by atoms with van der Waals surface area (Å²) in [6, 6.07) is 6.25. The minimum absolute atomic E-state index is 0.353. The molecule has 0 unspecified atom stereocenters. The number of nitrogens with one attached hydrogen (secondary N) is 2. The highest BCUT2D eigenvalue weighted by molar-refractivity contribution is 9.10. The number of aliphatic carboxylic acids is 1. The summed E-state index contributed by atoms with van der Waals surface area (Å²) >= 11 is 3.35. The summed E-state index contributed by atoms with van der Waals surface area (Å²) in [6.45, 7) is 2.33. The Hall–Kier alpha value is -1.56. The van der Waals surface area contributed by atoms with Gasteiger partial charge in [0.15, 0.2) is 0 Å². The first kappa shape index (κ1) is 16.5. The second kappa shape index (κ2) is 8.58. The molecule has 1 atom stereocenters. The molecular formula is C14H19BrN2O3. The zero-order chi connectivity index (χ0) is 15.0. The molecule has 2 amide bonds. The molecule has 0 bridgehead atoms. The monoisotopic (exact) mass is 342 g/mol. The summed E-state index contributed by atoms with van der Waals surface area (Å²) < 4.78 is 0.934. The van der Waals surface area contributed by atoms with Gasteiger partial charge in [0.1, 0.15) is 6.04 Å². The zero-order valence-electron chi connectivity index (χ0n) is 11.4. The Labute approximate surface area is 126 Å². The Kier molecular flexibility index (Phi) is 7.08. The highest BCUT2D eigenvalue weighted by Crippen LogP contribution is 2.11. The lowest BCUT2D eigenvalue weighted by Gasteiger charge is -2.14. The van der Waals surface area contributed by atoms with Gasteiger partial charge in [0, 0.05) is 11.0 Å². The first-order valence-corrected chi connectivity index (χ1v) is 7.34. The zero-order valence-corrected chi connectivity index (χ0v) is 12.9. The van der Waals surface area contributed by atoms with Gasteiger partial charge in [-0.05, 0) is 24.1 Å². The second-order valence-electron chi connectivity index (χ2n) is 4.49. The quantitative estimate of drug-likeness (QED) is 0.712. The molecule has 1 rings (SSSR count). The van der Waals surface area contributed by atoms with Crippen LogP contribution in [0.4, 0.5) is 4.79 Å². The molecular weight excluding hydrogens is 324 g/mol. The van der Waals surface area contributed by atoms with Gasteiger partial charge in [-0.2, -0.15) is 0 Å². The Morgan fingerprint density at radius 2 is 2.15 bits per heavy atom. The first-order chi connectivity index (χ1) is 9.52. The van der Waals surface area contributed by atoms with Crippen molar-refractivity contribution in [3.05, 3.63) is 34.3 Å². The largest absolute Gasteiger partial charge is 0.480 e. The van der Waals surface area contributed by atoms with E-state index in [1.165, 1.54) is 0 Å². The predicted molar refractivity (Wildman–Crippen MR) is 80.5 cm³/mol. The fourth-order valence-corrected chi connectivity index (χ4v) is 2.15. The van der Waals surface area contributed by atoms with Crippen LogP contribution in [0.5, 0.6) is 0 Å². The van der Waals surface area contributed by atoms with Gasteiger partial charge in [-0.3, -0.25) is 0 Å². The summed E-state index contributed by atoms with van der Waals surface area (Å²) in [6.07, 6.45) is 2.10. The summed E-state index contributed by atoms with van der Waals surface area (Å²) in [4.78, 5) is 22.7. The van der Waals surface area contributed by atoms with Gasteiger partial charge in [-0.1, -0.05) is 47.8 Å². The van der Waals surface area contributed by atoms with E-state index in [0.29, 0.717) is 13.0 Å². The van der Waals surface area contributed by atoms with Crippen molar-refractivity contribution in [2.45, 2.75) is 38.8 Å². The number of hydrogen-bond acceptors (Lipinski definition) is 2. The number of benzene rings is 1. The molecule has 5 nitrogen and oxygen atoms in total. The maximum absolute atomic E-state index is 11.7. The average Bonchev–Trinajstić information content (AvgIpc) is 2.41. The number of carboxylic acid groups (broad SMARTS) is 1. The predicted octanol–water partition coefficient (Wildman–Crippen LogP) is 2.89. The third-order valence-corrected chi connectivity index (χ3v) is 3.29. The molecule has 0 spiro atoms. The van der Waals surface area contributed by atoms with Crippen LogP contribution in [-0.2, 0) is 11.3 Å². The molecule has 0 aromatic heterocycles. The number of hydrogen-bond donors (Lipinski definition) is 3. The molecule has 20 heavy (non-hydrogen) atoms. The standard InChI is InChI=1S/C14H19BrN2O3/c1-2-3-7-12(13(18)19)17-14(20)16-9-10-5-4-6-11(15)8-10/h4-6,8,12H,2-3,7,9H2,1H3,(H,18,19)(H2,16,17,20)/t12-/m0/s1. The van der Waals surface area contributed by atoms with Crippen LogP contribution in [0.25, 0.3) is 0 Å². The minimum atomic E-state index is -1.00. The molecule has 0 saturated carbocycles. The third kappa shape index (κ3) is 6.06. The van der Waals surface area contributed by atoms with Crippen LogP contribution in [0.2, 0.25) is 0 Å². The van der Waals surface area contributed by atoms with Crippen molar-refractivity contribution >= 4 is 27.9 Å². The molecule has 6 heteroatoms. The molecule has 0 saturated heterocycles. The topological polar surface area (TPSA) is 78.4 Å². The van der Waals surface area contributed by atoms with Crippen LogP contribution < -0.4 is 10.6 Å². The number of carbonyl (C=O) groups excluding carboxylic acids is 1. The van der Waals surface area contributed by atoms with E-state index in [4.69, 9.17) is 5.11 Å². The number of carbonyl (C=O) groups is 2. The summed E-state index contributed by atoms with van der Waals surface area (Å²) in [5.74, 6) is -1.00.